The van der Waals surface area contributed by atoms with Crippen LogP contribution in [0, 0.1) is 0 Å². The van der Waals surface area contributed by atoms with Crippen molar-refractivity contribution in [2.75, 3.05) is 0 Å². The zero-order valence-electron chi connectivity index (χ0n) is 10.7. The maximum atomic E-state index is 11.7. The van der Waals surface area contributed by atoms with Gasteiger partial charge in [-0.2, -0.15) is 0 Å². The van der Waals surface area contributed by atoms with Crippen LogP contribution in [0.15, 0.2) is 46.2 Å². The van der Waals surface area contributed by atoms with Gasteiger partial charge in [-0.1, -0.05) is 18.2 Å². The molecule has 5 rings (SSSR count). The third-order valence-corrected chi connectivity index (χ3v) is 5.72. The van der Waals surface area contributed by atoms with E-state index in [4.69, 9.17) is 9.56 Å². The Kier molecular flexibility index (Phi) is 2.12. The number of benzene rings is 1. The summed E-state index contributed by atoms with van der Waals surface area (Å²) in [7, 11) is -3.68. The maximum Gasteiger partial charge on any atom is 0.238 e. The Balaban J connectivity index is 1.71. The fraction of sp³-hybridized carbons (Fsp3) is 0.357. The first-order chi connectivity index (χ1) is 9.45. The summed E-state index contributed by atoms with van der Waals surface area (Å²) in [6.07, 6.45) is 5.92. The quantitative estimate of drug-likeness (QED) is 0.932. The van der Waals surface area contributed by atoms with Crippen molar-refractivity contribution in [2.45, 2.75) is 35.0 Å². The van der Waals surface area contributed by atoms with Crippen LogP contribution in [0.2, 0.25) is 0 Å². The zero-order chi connectivity index (χ0) is 14.0. The number of rotatable bonds is 3. The van der Waals surface area contributed by atoms with Gasteiger partial charge in [0.1, 0.15) is 5.76 Å². The van der Waals surface area contributed by atoms with E-state index >= 15 is 0 Å². The summed E-state index contributed by atoms with van der Waals surface area (Å²) in [5.74, 6) is 0.910. The van der Waals surface area contributed by atoms with Crippen LogP contribution in [-0.2, 0) is 20.9 Å². The summed E-state index contributed by atoms with van der Waals surface area (Å²) < 4.78 is 28.8. The van der Waals surface area contributed by atoms with Gasteiger partial charge >= 0.3 is 0 Å². The minimum atomic E-state index is -3.68. The van der Waals surface area contributed by atoms with Gasteiger partial charge in [0, 0.05) is 5.41 Å². The molecule has 6 heteroatoms. The second-order valence-corrected chi connectivity index (χ2v) is 7.53. The van der Waals surface area contributed by atoms with E-state index in [9.17, 15) is 8.42 Å². The van der Waals surface area contributed by atoms with Crippen LogP contribution < -0.4 is 5.14 Å². The van der Waals surface area contributed by atoms with Crippen molar-refractivity contribution in [3.05, 3.63) is 48.2 Å². The molecule has 0 radical (unpaired) electrons. The molecule has 1 heterocycles. The van der Waals surface area contributed by atoms with Crippen LogP contribution in [0.4, 0.5) is 0 Å². The van der Waals surface area contributed by atoms with E-state index in [0.717, 1.165) is 30.6 Å². The van der Waals surface area contributed by atoms with Gasteiger partial charge in [0.05, 0.1) is 11.1 Å². The third-order valence-electron chi connectivity index (χ3n) is 4.75. The van der Waals surface area contributed by atoms with E-state index in [0.29, 0.717) is 0 Å². The second-order valence-electron chi connectivity index (χ2n) is 6.00. The lowest BCUT2D eigenvalue weighted by Crippen LogP contribution is -2.67. The van der Waals surface area contributed by atoms with E-state index in [1.165, 1.54) is 6.39 Å². The molecule has 0 saturated heterocycles. The molecule has 0 atom stereocenters. The molecule has 3 fully saturated rings. The van der Waals surface area contributed by atoms with E-state index in [1.807, 2.05) is 12.1 Å². The lowest BCUT2D eigenvalue weighted by atomic mass is 9.33. The molecule has 1 aromatic heterocycles. The smallest absolute Gasteiger partial charge is 0.238 e. The van der Waals surface area contributed by atoms with Gasteiger partial charge in [-0.05, 0) is 36.3 Å². The molecular weight excluding hydrogens is 276 g/mol. The zero-order valence-corrected chi connectivity index (χ0v) is 11.6. The molecule has 3 saturated carbocycles. The summed E-state index contributed by atoms with van der Waals surface area (Å²) in [5, 5.41) is 5.32. The van der Waals surface area contributed by atoms with E-state index in [1.54, 1.807) is 18.3 Å². The standard InChI is InChI=1S/C14H14N2O3S/c15-20(17,18)11-4-2-1-3-10(11)13-6-14(7-13,8-13)12-5-16-9-19-12/h1-5,9H,6-8H2,(H2,15,17,18). The molecule has 5 nitrogen and oxygen atoms in total. The first-order valence-corrected chi connectivity index (χ1v) is 8.01. The molecule has 104 valence electrons. The molecule has 0 amide bonds. The fourth-order valence-electron chi connectivity index (χ4n) is 3.97. The van der Waals surface area contributed by atoms with Gasteiger partial charge in [0.2, 0.25) is 10.0 Å². The van der Waals surface area contributed by atoms with Gasteiger partial charge in [-0.15, -0.1) is 0 Å². The SMILES string of the molecule is NS(=O)(=O)c1ccccc1C12CC(c3cnco3)(C1)C2. The average molecular weight is 290 g/mol. The van der Waals surface area contributed by atoms with E-state index in [-0.39, 0.29) is 15.7 Å². The Bertz CT molecular complexity index is 761. The Labute approximate surface area is 116 Å². The van der Waals surface area contributed by atoms with Crippen LogP contribution in [0.5, 0.6) is 0 Å². The normalized spacial score (nSPS) is 31.4. The lowest BCUT2D eigenvalue weighted by molar-refractivity contribution is -0.0847. The first-order valence-electron chi connectivity index (χ1n) is 6.47. The number of sulfonamides is 1. The second kappa shape index (κ2) is 3.51. The molecule has 2 bridgehead atoms. The molecule has 20 heavy (non-hydrogen) atoms. The monoisotopic (exact) mass is 290 g/mol. The molecule has 0 unspecified atom stereocenters. The van der Waals surface area contributed by atoms with Gasteiger partial charge in [0.15, 0.2) is 6.39 Å². The molecule has 3 aliphatic rings. The number of aromatic nitrogens is 1. The molecule has 0 spiro atoms. The van der Waals surface area contributed by atoms with Crippen molar-refractivity contribution in [2.24, 2.45) is 5.14 Å². The van der Waals surface area contributed by atoms with Gasteiger partial charge in [-0.3, -0.25) is 0 Å². The van der Waals surface area contributed by atoms with Crippen LogP contribution in [0.1, 0.15) is 30.6 Å². The van der Waals surface area contributed by atoms with Crippen LogP contribution in [-0.4, -0.2) is 13.4 Å². The van der Waals surface area contributed by atoms with Crippen LogP contribution >= 0.6 is 0 Å². The fourth-order valence-corrected chi connectivity index (χ4v) is 4.82. The van der Waals surface area contributed by atoms with Crippen molar-refractivity contribution < 1.29 is 12.8 Å². The number of hydrogen-bond acceptors (Lipinski definition) is 4. The summed E-state index contributed by atoms with van der Waals surface area (Å²) in [6, 6.07) is 7.04. The Morgan fingerprint density at radius 2 is 1.85 bits per heavy atom. The topological polar surface area (TPSA) is 86.2 Å². The average Bonchev–Trinajstić information content (AvgIpc) is 2.78. The molecule has 0 aliphatic heterocycles. The van der Waals surface area contributed by atoms with E-state index in [2.05, 4.69) is 4.98 Å². The van der Waals surface area contributed by atoms with Crippen molar-refractivity contribution in [3.63, 3.8) is 0 Å². The minimum absolute atomic E-state index is 0.0575. The summed E-state index contributed by atoms with van der Waals surface area (Å²) >= 11 is 0. The van der Waals surface area contributed by atoms with Gasteiger partial charge in [-0.25, -0.2) is 18.5 Å². The van der Waals surface area contributed by atoms with Gasteiger partial charge in [0.25, 0.3) is 0 Å². The Hall–Kier alpha value is -1.66. The highest BCUT2D eigenvalue weighted by molar-refractivity contribution is 7.89. The van der Waals surface area contributed by atoms with E-state index < -0.39 is 10.0 Å². The molecular formula is C14H14N2O3S. The Morgan fingerprint density at radius 1 is 1.15 bits per heavy atom. The highest BCUT2D eigenvalue weighted by Gasteiger charge is 2.71. The molecule has 3 aliphatic carbocycles. The largest absolute Gasteiger partial charge is 0.448 e. The number of nitrogens with two attached hydrogens (primary N) is 1. The van der Waals surface area contributed by atoms with Crippen molar-refractivity contribution in [1.82, 2.24) is 4.98 Å². The van der Waals surface area contributed by atoms with Crippen LogP contribution in [0.3, 0.4) is 0 Å². The predicted molar refractivity (Wildman–Crippen MR) is 71.5 cm³/mol. The number of hydrogen-bond donors (Lipinski definition) is 1. The summed E-state index contributed by atoms with van der Waals surface area (Å²) in [6.45, 7) is 0. The predicted octanol–water partition coefficient (Wildman–Crippen LogP) is 1.70. The minimum Gasteiger partial charge on any atom is -0.448 e. The lowest BCUT2D eigenvalue weighted by Gasteiger charge is -2.70. The van der Waals surface area contributed by atoms with Crippen molar-refractivity contribution in [1.29, 1.82) is 0 Å². The highest BCUT2D eigenvalue weighted by atomic mass is 32.2. The number of nitrogens with zero attached hydrogens (tertiary/aromatic N) is 1. The number of primary sulfonamides is 1. The molecule has 2 aromatic rings. The molecule has 2 N–H and O–H groups in total. The Morgan fingerprint density at radius 3 is 2.45 bits per heavy atom. The highest BCUT2D eigenvalue weighted by Crippen LogP contribution is 2.74. The summed E-state index contributed by atoms with van der Waals surface area (Å²) in [4.78, 5) is 4.22. The van der Waals surface area contributed by atoms with Gasteiger partial charge < -0.3 is 4.42 Å². The first kappa shape index (κ1) is 12.1. The maximum absolute atomic E-state index is 11.7. The van der Waals surface area contributed by atoms with Crippen LogP contribution in [0.25, 0.3) is 0 Å². The van der Waals surface area contributed by atoms with Crippen molar-refractivity contribution in [3.8, 4) is 0 Å². The summed E-state index contributed by atoms with van der Waals surface area (Å²) in [5.41, 5.74) is 0.849. The number of oxazole rings is 1. The third kappa shape index (κ3) is 1.40. The van der Waals surface area contributed by atoms with Crippen molar-refractivity contribution >= 4 is 10.0 Å². The molecule has 1 aromatic carbocycles.